The Hall–Kier alpha value is -3.22. The number of amides is 2. The van der Waals surface area contributed by atoms with E-state index in [0.717, 1.165) is 17.0 Å². The van der Waals surface area contributed by atoms with Crippen molar-refractivity contribution in [2.45, 2.75) is 0 Å². The Bertz CT molecular complexity index is 1210. The zero-order chi connectivity index (χ0) is 21.4. The predicted octanol–water partition coefficient (Wildman–Crippen LogP) is 5.67. The molecule has 3 aromatic carbocycles. The fourth-order valence-corrected chi connectivity index (χ4v) is 3.41. The summed E-state index contributed by atoms with van der Waals surface area (Å²) in [6, 6.07) is 15.7. The first-order valence-corrected chi connectivity index (χ1v) is 9.47. The lowest BCUT2D eigenvalue weighted by molar-refractivity contribution is -0.120. The third-order valence-corrected chi connectivity index (χ3v) is 4.96. The zero-order valence-electron chi connectivity index (χ0n) is 15.1. The van der Waals surface area contributed by atoms with Gasteiger partial charge in [-0.05, 0) is 48.0 Å². The van der Waals surface area contributed by atoms with E-state index in [0.29, 0.717) is 15.6 Å². The number of hydrogen-bond donors (Lipinski definition) is 1. The largest absolute Gasteiger partial charge is 0.350 e. The number of imide groups is 1. The molecule has 4 rings (SSSR count). The maximum atomic E-state index is 13.7. The Balaban J connectivity index is 1.83. The first-order valence-electron chi connectivity index (χ1n) is 8.72. The summed E-state index contributed by atoms with van der Waals surface area (Å²) in [6.45, 7) is 0. The fraction of sp³-hybridized carbons (Fsp3) is 0. The Morgan fingerprint density at radius 2 is 1.50 bits per heavy atom. The van der Waals surface area contributed by atoms with E-state index in [1.165, 1.54) is 12.1 Å². The molecule has 0 fully saturated rings. The molecule has 0 saturated heterocycles. The Kier molecular flexibility index (Phi) is 5.28. The minimum absolute atomic E-state index is 0.0707. The van der Waals surface area contributed by atoms with E-state index in [4.69, 9.17) is 23.2 Å². The van der Waals surface area contributed by atoms with Gasteiger partial charge in [0, 0.05) is 21.8 Å². The van der Waals surface area contributed by atoms with Crippen LogP contribution in [0, 0.1) is 11.6 Å². The second-order valence-corrected chi connectivity index (χ2v) is 7.31. The average molecular weight is 445 g/mol. The van der Waals surface area contributed by atoms with Crippen LogP contribution >= 0.6 is 23.2 Å². The maximum absolute atomic E-state index is 13.7. The molecule has 8 heteroatoms. The van der Waals surface area contributed by atoms with Gasteiger partial charge >= 0.3 is 0 Å². The van der Waals surface area contributed by atoms with E-state index >= 15 is 0 Å². The third kappa shape index (κ3) is 3.67. The van der Waals surface area contributed by atoms with E-state index in [1.807, 2.05) is 0 Å². The molecular formula is C22H12Cl2F2N2O2. The van der Waals surface area contributed by atoms with Gasteiger partial charge in [0.1, 0.15) is 5.70 Å². The van der Waals surface area contributed by atoms with Crippen molar-refractivity contribution >= 4 is 52.0 Å². The van der Waals surface area contributed by atoms with E-state index in [9.17, 15) is 18.4 Å². The molecule has 0 saturated carbocycles. The minimum Gasteiger partial charge on any atom is -0.350 e. The van der Waals surface area contributed by atoms with E-state index in [-0.39, 0.29) is 22.6 Å². The summed E-state index contributed by atoms with van der Waals surface area (Å²) in [7, 11) is 0. The van der Waals surface area contributed by atoms with Crippen molar-refractivity contribution in [3.05, 3.63) is 99.7 Å². The highest BCUT2D eigenvalue weighted by Crippen LogP contribution is 2.35. The van der Waals surface area contributed by atoms with Crippen LogP contribution in [-0.2, 0) is 9.59 Å². The molecule has 1 aliphatic rings. The van der Waals surface area contributed by atoms with E-state index in [2.05, 4.69) is 5.32 Å². The van der Waals surface area contributed by atoms with Gasteiger partial charge in [-0.1, -0.05) is 41.4 Å². The molecule has 150 valence electrons. The summed E-state index contributed by atoms with van der Waals surface area (Å²) < 4.78 is 26.9. The van der Waals surface area contributed by atoms with Gasteiger partial charge in [-0.15, -0.1) is 0 Å². The van der Waals surface area contributed by atoms with Gasteiger partial charge in [0.05, 0.1) is 11.3 Å². The Morgan fingerprint density at radius 3 is 2.17 bits per heavy atom. The van der Waals surface area contributed by atoms with Crippen LogP contribution in [-0.4, -0.2) is 11.8 Å². The van der Waals surface area contributed by atoms with Crippen molar-refractivity contribution in [1.29, 1.82) is 0 Å². The number of carbonyl (C=O) groups is 2. The number of benzene rings is 3. The number of rotatable bonds is 4. The molecule has 0 bridgehead atoms. The number of anilines is 2. The van der Waals surface area contributed by atoms with Crippen LogP contribution in [0.2, 0.25) is 10.0 Å². The molecule has 0 unspecified atom stereocenters. The second kappa shape index (κ2) is 7.89. The van der Waals surface area contributed by atoms with Gasteiger partial charge in [0.2, 0.25) is 0 Å². The monoisotopic (exact) mass is 444 g/mol. The maximum Gasteiger partial charge on any atom is 0.282 e. The SMILES string of the molecule is O=C1C(Nc2ccc(F)c(F)c2)=C(c2ccc(Cl)cc2)C(=O)N1c1cccc(Cl)c1. The summed E-state index contributed by atoms with van der Waals surface area (Å²) >= 11 is 12.0. The average Bonchev–Trinajstić information content (AvgIpc) is 2.95. The molecule has 30 heavy (non-hydrogen) atoms. The van der Waals surface area contributed by atoms with Gasteiger partial charge in [0.25, 0.3) is 11.8 Å². The van der Waals surface area contributed by atoms with Crippen LogP contribution in [0.3, 0.4) is 0 Å². The first kappa shape index (κ1) is 20.1. The molecule has 0 aromatic heterocycles. The number of hydrogen-bond acceptors (Lipinski definition) is 3. The molecule has 0 radical (unpaired) electrons. The van der Waals surface area contributed by atoms with Crippen molar-refractivity contribution in [3.8, 4) is 0 Å². The highest BCUT2D eigenvalue weighted by molar-refractivity contribution is 6.46. The molecule has 4 nitrogen and oxygen atoms in total. The molecule has 0 aliphatic carbocycles. The lowest BCUT2D eigenvalue weighted by atomic mass is 10.0. The summed E-state index contributed by atoms with van der Waals surface area (Å²) in [4.78, 5) is 27.4. The van der Waals surface area contributed by atoms with E-state index in [1.54, 1.807) is 42.5 Å². The standard InChI is InChI=1S/C22H12Cl2F2N2O2/c23-13-6-4-12(5-7-13)19-20(27-15-8-9-17(25)18(26)11-15)22(30)28(21(19)29)16-3-1-2-14(24)10-16/h1-11,27H. The third-order valence-electron chi connectivity index (χ3n) is 4.47. The Labute approximate surface area is 180 Å². The van der Waals surface area contributed by atoms with Gasteiger partial charge in [-0.3, -0.25) is 9.59 Å². The fourth-order valence-electron chi connectivity index (χ4n) is 3.10. The predicted molar refractivity (Wildman–Crippen MR) is 112 cm³/mol. The Morgan fingerprint density at radius 1 is 0.767 bits per heavy atom. The van der Waals surface area contributed by atoms with Crippen LogP contribution in [0.15, 0.2) is 72.4 Å². The second-order valence-electron chi connectivity index (χ2n) is 6.44. The number of carbonyl (C=O) groups excluding carboxylic acids is 2. The summed E-state index contributed by atoms with van der Waals surface area (Å²) in [5.74, 6) is -3.36. The van der Waals surface area contributed by atoms with Crippen LogP contribution < -0.4 is 10.2 Å². The molecule has 2 amide bonds. The van der Waals surface area contributed by atoms with Crippen LogP contribution in [0.25, 0.3) is 5.57 Å². The molecule has 0 spiro atoms. The first-order chi connectivity index (χ1) is 14.3. The van der Waals surface area contributed by atoms with E-state index < -0.39 is 23.4 Å². The van der Waals surface area contributed by atoms with Gasteiger partial charge < -0.3 is 5.32 Å². The van der Waals surface area contributed by atoms with Gasteiger partial charge in [-0.2, -0.15) is 0 Å². The van der Waals surface area contributed by atoms with Crippen molar-refractivity contribution < 1.29 is 18.4 Å². The number of halogens is 4. The molecule has 3 aromatic rings. The van der Waals surface area contributed by atoms with Crippen molar-refractivity contribution in [2.75, 3.05) is 10.2 Å². The minimum atomic E-state index is -1.09. The smallest absolute Gasteiger partial charge is 0.282 e. The van der Waals surface area contributed by atoms with Crippen LogP contribution in [0.5, 0.6) is 0 Å². The zero-order valence-corrected chi connectivity index (χ0v) is 16.6. The van der Waals surface area contributed by atoms with Crippen LogP contribution in [0.4, 0.5) is 20.2 Å². The molecule has 1 N–H and O–H groups in total. The number of nitrogens with one attached hydrogen (secondary N) is 1. The normalized spacial score (nSPS) is 13.9. The van der Waals surface area contributed by atoms with Gasteiger partial charge in [-0.25, -0.2) is 13.7 Å². The summed E-state index contributed by atoms with van der Waals surface area (Å²) in [5.41, 5.74) is 0.831. The quantitative estimate of drug-likeness (QED) is 0.527. The lowest BCUT2D eigenvalue weighted by Gasteiger charge is -2.15. The van der Waals surface area contributed by atoms with Crippen molar-refractivity contribution in [1.82, 2.24) is 0 Å². The highest BCUT2D eigenvalue weighted by Gasteiger charge is 2.40. The lowest BCUT2D eigenvalue weighted by Crippen LogP contribution is -2.32. The summed E-state index contributed by atoms with van der Waals surface area (Å²) in [6.07, 6.45) is 0. The molecule has 1 aliphatic heterocycles. The highest BCUT2D eigenvalue weighted by atomic mass is 35.5. The van der Waals surface area contributed by atoms with Crippen LogP contribution in [0.1, 0.15) is 5.56 Å². The van der Waals surface area contributed by atoms with Crippen molar-refractivity contribution in [3.63, 3.8) is 0 Å². The molecular weight excluding hydrogens is 433 g/mol. The molecule has 0 atom stereocenters. The number of nitrogens with zero attached hydrogens (tertiary/aromatic N) is 1. The van der Waals surface area contributed by atoms with Gasteiger partial charge in [0.15, 0.2) is 11.6 Å². The van der Waals surface area contributed by atoms with Crippen molar-refractivity contribution in [2.24, 2.45) is 0 Å². The summed E-state index contributed by atoms with van der Waals surface area (Å²) in [5, 5.41) is 3.57. The topological polar surface area (TPSA) is 49.4 Å². The molecule has 1 heterocycles.